The van der Waals surface area contributed by atoms with Gasteiger partial charge in [-0.1, -0.05) is 24.3 Å². The fraction of sp³-hybridized carbons (Fsp3) is 0.308. The molecule has 2 aliphatic heterocycles. The third kappa shape index (κ3) is 5.37. The Labute approximate surface area is 222 Å². The van der Waals surface area contributed by atoms with Crippen molar-refractivity contribution in [2.75, 3.05) is 23.7 Å². The second kappa shape index (κ2) is 10.8. The standard InChI is InChI=1S/C26H27N7O6/c34-23(19-3-1-13-32(19)25(36)37)27-17-9-5-15(6-10-17)21-22(30-31-29-21)16-7-11-18(12-8-16)28-24(35)20-4-2-14-33(20)26(38)39/h5-12,19-20H,1-4,13-14H2,(H,27,34)(H,28,35)(H,36,37)(H,38,39)(H,29,30,31)/t19-,20-/m0/s1. The summed E-state index contributed by atoms with van der Waals surface area (Å²) >= 11 is 0. The molecule has 0 radical (unpaired) electrons. The topological polar surface area (TPSA) is 181 Å². The molecule has 2 fully saturated rings. The molecule has 5 rings (SSSR count). The number of carboxylic acid groups (broad SMARTS) is 2. The van der Waals surface area contributed by atoms with Crippen molar-refractivity contribution in [1.29, 1.82) is 0 Å². The molecule has 2 atom stereocenters. The van der Waals surface area contributed by atoms with Crippen LogP contribution in [-0.2, 0) is 9.59 Å². The van der Waals surface area contributed by atoms with Gasteiger partial charge in [0.05, 0.1) is 0 Å². The van der Waals surface area contributed by atoms with Crippen LogP contribution >= 0.6 is 0 Å². The Morgan fingerprint density at radius 3 is 1.44 bits per heavy atom. The van der Waals surface area contributed by atoms with Gasteiger partial charge < -0.3 is 20.8 Å². The van der Waals surface area contributed by atoms with Crippen molar-refractivity contribution >= 4 is 35.4 Å². The molecule has 202 valence electrons. The van der Waals surface area contributed by atoms with Gasteiger partial charge in [-0.15, -0.1) is 0 Å². The SMILES string of the molecule is O=C(Nc1ccc(-c2n[nH]nc2-c2ccc(NC(=O)[C@@H]3CCCN3C(=O)O)cc2)cc1)[C@@H]1CCCN1C(=O)O. The summed E-state index contributed by atoms with van der Waals surface area (Å²) in [6.07, 6.45) is 0.0709. The van der Waals surface area contributed by atoms with E-state index in [1.54, 1.807) is 48.5 Å². The van der Waals surface area contributed by atoms with Crippen molar-refractivity contribution in [3.05, 3.63) is 48.5 Å². The number of carbonyl (C=O) groups excluding carboxylic acids is 2. The third-order valence-electron chi connectivity index (χ3n) is 7.00. The minimum absolute atomic E-state index is 0.346. The molecule has 39 heavy (non-hydrogen) atoms. The number of benzene rings is 2. The predicted molar refractivity (Wildman–Crippen MR) is 140 cm³/mol. The molecule has 0 bridgehead atoms. The average Bonchev–Trinajstić information content (AvgIpc) is 3.70. The Kier molecular flexibility index (Phi) is 7.12. The lowest BCUT2D eigenvalue weighted by Crippen LogP contribution is -2.42. The summed E-state index contributed by atoms with van der Waals surface area (Å²) in [6.45, 7) is 0.691. The van der Waals surface area contributed by atoms with Crippen LogP contribution in [0.3, 0.4) is 0 Å². The average molecular weight is 534 g/mol. The third-order valence-corrected chi connectivity index (χ3v) is 7.00. The van der Waals surface area contributed by atoms with Crippen LogP contribution in [0.4, 0.5) is 21.0 Å². The van der Waals surface area contributed by atoms with E-state index >= 15 is 0 Å². The molecule has 2 saturated heterocycles. The molecule has 2 aromatic carbocycles. The number of H-pyrrole nitrogens is 1. The zero-order chi connectivity index (χ0) is 27.5. The van der Waals surface area contributed by atoms with Crippen LogP contribution < -0.4 is 10.6 Å². The van der Waals surface area contributed by atoms with E-state index in [9.17, 15) is 29.4 Å². The number of hydrogen-bond acceptors (Lipinski definition) is 6. The summed E-state index contributed by atoms with van der Waals surface area (Å²) in [7, 11) is 0. The highest BCUT2D eigenvalue weighted by Crippen LogP contribution is 2.30. The molecule has 0 spiro atoms. The van der Waals surface area contributed by atoms with Gasteiger partial charge in [0.2, 0.25) is 11.8 Å². The van der Waals surface area contributed by atoms with Crippen molar-refractivity contribution in [2.24, 2.45) is 0 Å². The number of nitrogens with zero attached hydrogens (tertiary/aromatic N) is 4. The maximum absolute atomic E-state index is 12.6. The fourth-order valence-electron chi connectivity index (χ4n) is 5.04. The summed E-state index contributed by atoms with van der Waals surface area (Å²) in [4.78, 5) is 50.2. The van der Waals surface area contributed by atoms with Crippen molar-refractivity contribution in [1.82, 2.24) is 25.2 Å². The molecule has 13 nitrogen and oxygen atoms in total. The molecule has 3 heterocycles. The van der Waals surface area contributed by atoms with E-state index in [1.807, 2.05) is 0 Å². The largest absolute Gasteiger partial charge is 0.465 e. The molecule has 3 aromatic rings. The van der Waals surface area contributed by atoms with E-state index in [-0.39, 0.29) is 11.8 Å². The van der Waals surface area contributed by atoms with Crippen LogP contribution in [0.1, 0.15) is 25.7 Å². The second-order valence-electron chi connectivity index (χ2n) is 9.42. The lowest BCUT2D eigenvalue weighted by Gasteiger charge is -2.20. The number of hydrogen-bond donors (Lipinski definition) is 5. The Balaban J connectivity index is 1.25. The van der Waals surface area contributed by atoms with E-state index < -0.39 is 24.3 Å². The Morgan fingerprint density at radius 1 is 0.692 bits per heavy atom. The van der Waals surface area contributed by atoms with Crippen molar-refractivity contribution in [2.45, 2.75) is 37.8 Å². The Bertz CT molecular complexity index is 1280. The zero-order valence-corrected chi connectivity index (χ0v) is 20.8. The quantitative estimate of drug-likeness (QED) is 0.320. The first-order valence-corrected chi connectivity index (χ1v) is 12.5. The van der Waals surface area contributed by atoms with Crippen molar-refractivity contribution in [3.63, 3.8) is 0 Å². The summed E-state index contributed by atoms with van der Waals surface area (Å²) in [5, 5.41) is 35.3. The monoisotopic (exact) mass is 533 g/mol. The lowest BCUT2D eigenvalue weighted by molar-refractivity contribution is -0.120. The van der Waals surface area contributed by atoms with Gasteiger partial charge in [0.15, 0.2) is 0 Å². The number of rotatable bonds is 6. The zero-order valence-electron chi connectivity index (χ0n) is 20.8. The van der Waals surface area contributed by atoms with Gasteiger partial charge in [-0.05, 0) is 49.9 Å². The number of amides is 4. The molecular formula is C26H27N7O6. The van der Waals surface area contributed by atoms with Crippen molar-refractivity contribution in [3.8, 4) is 22.5 Å². The lowest BCUT2D eigenvalue weighted by atomic mass is 10.0. The Hall–Kier alpha value is -4.94. The maximum atomic E-state index is 12.6. The molecule has 2 aliphatic rings. The van der Waals surface area contributed by atoms with Gasteiger partial charge >= 0.3 is 12.2 Å². The first-order valence-electron chi connectivity index (χ1n) is 12.5. The van der Waals surface area contributed by atoms with E-state index in [1.165, 1.54) is 0 Å². The molecular weight excluding hydrogens is 506 g/mol. The molecule has 4 amide bonds. The van der Waals surface area contributed by atoms with E-state index in [4.69, 9.17) is 0 Å². The van der Waals surface area contributed by atoms with Crippen LogP contribution in [0, 0.1) is 0 Å². The number of carbonyl (C=O) groups is 4. The van der Waals surface area contributed by atoms with Gasteiger partial charge in [-0.2, -0.15) is 15.4 Å². The highest BCUT2D eigenvalue weighted by Gasteiger charge is 2.35. The van der Waals surface area contributed by atoms with Crippen molar-refractivity contribution < 1.29 is 29.4 Å². The minimum Gasteiger partial charge on any atom is -0.465 e. The summed E-state index contributed by atoms with van der Waals surface area (Å²) in [5.41, 5.74) is 3.74. The normalized spacial score (nSPS) is 18.7. The van der Waals surface area contributed by atoms with E-state index in [0.717, 1.165) is 20.9 Å². The molecule has 0 unspecified atom stereocenters. The van der Waals surface area contributed by atoms with Crippen LogP contribution in [-0.4, -0.2) is 84.6 Å². The number of aromatic amines is 1. The number of nitrogens with one attached hydrogen (secondary N) is 3. The van der Waals surface area contributed by atoms with Gasteiger partial charge in [-0.3, -0.25) is 19.4 Å². The summed E-state index contributed by atoms with van der Waals surface area (Å²) in [6, 6.07) is 12.6. The fourth-order valence-corrected chi connectivity index (χ4v) is 5.04. The highest BCUT2D eigenvalue weighted by molar-refractivity contribution is 5.98. The van der Waals surface area contributed by atoms with Crippen LogP contribution in [0.5, 0.6) is 0 Å². The Morgan fingerprint density at radius 2 is 1.08 bits per heavy atom. The van der Waals surface area contributed by atoms with E-state index in [2.05, 4.69) is 26.0 Å². The highest BCUT2D eigenvalue weighted by atomic mass is 16.4. The molecule has 5 N–H and O–H groups in total. The molecule has 0 aliphatic carbocycles. The number of aromatic nitrogens is 3. The predicted octanol–water partition coefficient (Wildman–Crippen LogP) is 3.30. The smallest absolute Gasteiger partial charge is 0.407 e. The van der Waals surface area contributed by atoms with Crippen LogP contribution in [0.15, 0.2) is 48.5 Å². The van der Waals surface area contributed by atoms with E-state index in [0.29, 0.717) is 61.5 Å². The van der Waals surface area contributed by atoms with Gasteiger partial charge in [0, 0.05) is 35.6 Å². The molecule has 13 heteroatoms. The number of anilines is 2. The number of likely N-dealkylation sites (tertiary alicyclic amines) is 2. The van der Waals surface area contributed by atoms with Crippen LogP contribution in [0.25, 0.3) is 22.5 Å². The summed E-state index contributed by atoms with van der Waals surface area (Å²) < 4.78 is 0. The first kappa shape index (κ1) is 25.7. The molecule has 0 saturated carbocycles. The van der Waals surface area contributed by atoms with Gasteiger partial charge in [0.1, 0.15) is 23.5 Å². The second-order valence-corrected chi connectivity index (χ2v) is 9.42. The van der Waals surface area contributed by atoms with Gasteiger partial charge in [0.25, 0.3) is 0 Å². The summed E-state index contributed by atoms with van der Waals surface area (Å²) in [5.74, 6) is -0.721. The van der Waals surface area contributed by atoms with Gasteiger partial charge in [-0.25, -0.2) is 9.59 Å². The minimum atomic E-state index is -1.10. The first-order chi connectivity index (χ1) is 18.8. The van der Waals surface area contributed by atoms with Crippen LogP contribution in [0.2, 0.25) is 0 Å². The molecule has 1 aromatic heterocycles. The maximum Gasteiger partial charge on any atom is 0.407 e.